The third-order valence-corrected chi connectivity index (χ3v) is 3.90. The van der Waals surface area contributed by atoms with Crippen LogP contribution in [0.5, 0.6) is 0 Å². The van der Waals surface area contributed by atoms with Gasteiger partial charge >= 0.3 is 0 Å². The second-order valence-corrected chi connectivity index (χ2v) is 5.31. The molecule has 0 atom stereocenters. The lowest BCUT2D eigenvalue weighted by molar-refractivity contribution is 0.172. The molecule has 0 saturated heterocycles. The number of pyridine rings is 1. The van der Waals surface area contributed by atoms with Crippen LogP contribution in [0.2, 0.25) is 0 Å². The van der Waals surface area contributed by atoms with Gasteiger partial charge in [-0.15, -0.1) is 0 Å². The summed E-state index contributed by atoms with van der Waals surface area (Å²) in [4.78, 5) is 4.30. The van der Waals surface area contributed by atoms with Crippen molar-refractivity contribution >= 4 is 21.7 Å². The van der Waals surface area contributed by atoms with E-state index in [4.69, 9.17) is 0 Å². The van der Waals surface area contributed by atoms with E-state index >= 15 is 0 Å². The van der Waals surface area contributed by atoms with Gasteiger partial charge in [0, 0.05) is 6.20 Å². The van der Waals surface area contributed by atoms with E-state index in [0.717, 1.165) is 23.1 Å². The van der Waals surface area contributed by atoms with Crippen molar-refractivity contribution in [3.8, 4) is 0 Å². The third kappa shape index (κ3) is 2.55. The van der Waals surface area contributed by atoms with Crippen molar-refractivity contribution in [3.63, 3.8) is 0 Å². The molecule has 2 N–H and O–H groups in total. The molecular weight excluding hydrogens is 268 g/mol. The summed E-state index contributed by atoms with van der Waals surface area (Å²) in [5, 5.41) is 13.0. The molecular formula is C12H17BrN2O. The minimum absolute atomic E-state index is 0.172. The quantitative estimate of drug-likeness (QED) is 0.897. The molecule has 0 radical (unpaired) electrons. The van der Waals surface area contributed by atoms with Crippen molar-refractivity contribution in [2.75, 3.05) is 11.9 Å². The zero-order valence-corrected chi connectivity index (χ0v) is 10.8. The fraction of sp³-hybridized carbons (Fsp3) is 0.583. The van der Waals surface area contributed by atoms with Crippen molar-refractivity contribution in [1.29, 1.82) is 0 Å². The van der Waals surface area contributed by atoms with Crippen molar-refractivity contribution in [3.05, 3.63) is 22.8 Å². The molecule has 4 heteroatoms. The maximum absolute atomic E-state index is 9.59. The Bertz CT molecular complexity index is 351. The van der Waals surface area contributed by atoms with Crippen LogP contribution in [0.25, 0.3) is 0 Å². The second-order valence-electron chi connectivity index (χ2n) is 4.46. The minimum atomic E-state index is -0.172. The number of aromatic nitrogens is 1. The van der Waals surface area contributed by atoms with E-state index in [2.05, 4.69) is 26.2 Å². The van der Waals surface area contributed by atoms with Gasteiger partial charge in [-0.1, -0.05) is 19.3 Å². The van der Waals surface area contributed by atoms with Crippen molar-refractivity contribution in [2.24, 2.45) is 0 Å². The molecule has 0 aromatic carbocycles. The van der Waals surface area contributed by atoms with Gasteiger partial charge in [-0.05, 0) is 40.9 Å². The van der Waals surface area contributed by atoms with Crippen LogP contribution in [0.1, 0.15) is 32.1 Å². The normalized spacial score (nSPS) is 19.4. The summed E-state index contributed by atoms with van der Waals surface area (Å²) in [5.41, 5.74) is -0.172. The second kappa shape index (κ2) is 5.15. The van der Waals surface area contributed by atoms with E-state index in [1.807, 2.05) is 12.1 Å². The van der Waals surface area contributed by atoms with Crippen LogP contribution in [0.4, 0.5) is 5.82 Å². The van der Waals surface area contributed by atoms with E-state index in [9.17, 15) is 5.11 Å². The first-order chi connectivity index (χ1) is 7.76. The van der Waals surface area contributed by atoms with Crippen LogP contribution in [0.3, 0.4) is 0 Å². The number of hydrogen-bond acceptors (Lipinski definition) is 3. The molecule has 0 spiro atoms. The summed E-state index contributed by atoms with van der Waals surface area (Å²) in [5.74, 6) is 0.832. The van der Waals surface area contributed by atoms with Crippen LogP contribution < -0.4 is 5.32 Å². The molecule has 16 heavy (non-hydrogen) atoms. The lowest BCUT2D eigenvalue weighted by atomic mass is 9.82. The number of aliphatic hydroxyl groups excluding tert-OH is 1. The van der Waals surface area contributed by atoms with E-state index in [0.29, 0.717) is 0 Å². The Kier molecular flexibility index (Phi) is 3.82. The predicted octanol–water partition coefficient (Wildman–Crippen LogP) is 2.95. The number of halogens is 1. The number of anilines is 1. The van der Waals surface area contributed by atoms with Gasteiger partial charge in [0.05, 0.1) is 16.6 Å². The Morgan fingerprint density at radius 3 is 2.75 bits per heavy atom. The highest BCUT2D eigenvalue weighted by molar-refractivity contribution is 9.10. The van der Waals surface area contributed by atoms with E-state index in [1.54, 1.807) is 6.20 Å². The standard InChI is InChI=1S/C12H17BrN2O/c13-10-5-4-8-14-11(10)15-12(9-16)6-2-1-3-7-12/h4-5,8,16H,1-3,6-7,9H2,(H,14,15). The van der Waals surface area contributed by atoms with Crippen LogP contribution in [0, 0.1) is 0 Å². The van der Waals surface area contributed by atoms with Crippen LogP contribution in [-0.2, 0) is 0 Å². The minimum Gasteiger partial charge on any atom is -0.394 e. The zero-order chi connectivity index (χ0) is 11.4. The van der Waals surface area contributed by atoms with Gasteiger partial charge in [-0.2, -0.15) is 0 Å². The van der Waals surface area contributed by atoms with Gasteiger partial charge in [-0.3, -0.25) is 0 Å². The Hall–Kier alpha value is -0.610. The highest BCUT2D eigenvalue weighted by Gasteiger charge is 2.31. The molecule has 1 aliphatic carbocycles. The maximum atomic E-state index is 9.59. The van der Waals surface area contributed by atoms with Crippen molar-refractivity contribution in [1.82, 2.24) is 4.98 Å². The number of aliphatic hydroxyl groups is 1. The SMILES string of the molecule is OCC1(Nc2ncccc2Br)CCCCC1. The Morgan fingerprint density at radius 2 is 2.12 bits per heavy atom. The molecule has 0 bridgehead atoms. The maximum Gasteiger partial charge on any atom is 0.140 e. The third-order valence-electron chi connectivity index (χ3n) is 3.26. The van der Waals surface area contributed by atoms with E-state index in [-0.39, 0.29) is 12.1 Å². The Labute approximate surface area is 104 Å². The first kappa shape index (κ1) is 11.9. The molecule has 3 nitrogen and oxygen atoms in total. The first-order valence-electron chi connectivity index (χ1n) is 5.75. The summed E-state index contributed by atoms with van der Waals surface area (Å²) in [6.07, 6.45) is 7.43. The molecule has 1 aromatic rings. The summed E-state index contributed by atoms with van der Waals surface area (Å²) in [7, 11) is 0. The molecule has 1 aromatic heterocycles. The summed E-state index contributed by atoms with van der Waals surface area (Å²) < 4.78 is 0.952. The lowest BCUT2D eigenvalue weighted by Crippen LogP contribution is -2.44. The number of nitrogens with one attached hydrogen (secondary N) is 1. The Morgan fingerprint density at radius 1 is 1.38 bits per heavy atom. The molecule has 0 aliphatic heterocycles. The predicted molar refractivity (Wildman–Crippen MR) is 68.5 cm³/mol. The van der Waals surface area contributed by atoms with Crippen molar-refractivity contribution in [2.45, 2.75) is 37.6 Å². The first-order valence-corrected chi connectivity index (χ1v) is 6.55. The van der Waals surface area contributed by atoms with Gasteiger partial charge in [0.25, 0.3) is 0 Å². The molecule has 88 valence electrons. The lowest BCUT2D eigenvalue weighted by Gasteiger charge is -2.37. The molecule has 0 unspecified atom stereocenters. The average Bonchev–Trinajstić information content (AvgIpc) is 2.33. The Balaban J connectivity index is 2.15. The molecule has 1 fully saturated rings. The summed E-state index contributed by atoms with van der Waals surface area (Å²) in [6.45, 7) is 0.177. The highest BCUT2D eigenvalue weighted by atomic mass is 79.9. The smallest absolute Gasteiger partial charge is 0.140 e. The van der Waals surface area contributed by atoms with Gasteiger partial charge < -0.3 is 10.4 Å². The van der Waals surface area contributed by atoms with Crippen LogP contribution in [0.15, 0.2) is 22.8 Å². The van der Waals surface area contributed by atoms with Gasteiger partial charge in [0.1, 0.15) is 5.82 Å². The van der Waals surface area contributed by atoms with Gasteiger partial charge in [0.15, 0.2) is 0 Å². The zero-order valence-electron chi connectivity index (χ0n) is 9.25. The number of nitrogens with zero attached hydrogens (tertiary/aromatic N) is 1. The van der Waals surface area contributed by atoms with Gasteiger partial charge in [-0.25, -0.2) is 4.98 Å². The van der Waals surface area contributed by atoms with Crippen LogP contribution in [-0.4, -0.2) is 22.2 Å². The van der Waals surface area contributed by atoms with E-state index < -0.39 is 0 Å². The number of rotatable bonds is 3. The fourth-order valence-electron chi connectivity index (χ4n) is 2.28. The van der Waals surface area contributed by atoms with E-state index in [1.165, 1.54) is 19.3 Å². The van der Waals surface area contributed by atoms with Crippen LogP contribution >= 0.6 is 15.9 Å². The molecule has 1 aliphatic rings. The number of hydrogen-bond donors (Lipinski definition) is 2. The van der Waals surface area contributed by atoms with Gasteiger partial charge in [0.2, 0.25) is 0 Å². The molecule has 1 heterocycles. The molecule has 0 amide bonds. The average molecular weight is 285 g/mol. The molecule has 1 saturated carbocycles. The topological polar surface area (TPSA) is 45.1 Å². The monoisotopic (exact) mass is 284 g/mol. The summed E-state index contributed by atoms with van der Waals surface area (Å²) >= 11 is 3.47. The molecule has 2 rings (SSSR count). The van der Waals surface area contributed by atoms with Crippen molar-refractivity contribution < 1.29 is 5.11 Å². The summed E-state index contributed by atoms with van der Waals surface area (Å²) in [6, 6.07) is 3.85. The largest absolute Gasteiger partial charge is 0.394 e. The highest BCUT2D eigenvalue weighted by Crippen LogP contribution is 2.32. The fourth-order valence-corrected chi connectivity index (χ4v) is 2.63.